The first kappa shape index (κ1) is 23.8. The molecular weight excluding hydrogens is 308 g/mol. The van der Waals surface area contributed by atoms with E-state index < -0.39 is 69.2 Å². The molecular formula is C11H26O11. The van der Waals surface area contributed by atoms with E-state index in [0.29, 0.717) is 0 Å². The van der Waals surface area contributed by atoms with Gasteiger partial charge < -0.3 is 56.2 Å². The Bertz CT molecular complexity index is 230. The Morgan fingerprint density at radius 1 is 0.364 bits per heavy atom. The zero-order valence-electron chi connectivity index (χ0n) is 11.8. The van der Waals surface area contributed by atoms with E-state index >= 15 is 0 Å². The lowest BCUT2D eigenvalue weighted by atomic mass is 10.0. The highest BCUT2D eigenvalue weighted by Crippen LogP contribution is 2.04. The summed E-state index contributed by atoms with van der Waals surface area (Å²) in [5, 5.41) is 94.8. The monoisotopic (exact) mass is 334 g/mol. The highest BCUT2D eigenvalue weighted by Gasteiger charge is 2.29. The summed E-state index contributed by atoms with van der Waals surface area (Å²) in [6.45, 7) is -2.73. The molecule has 11 N–H and O–H groups in total. The van der Waals surface area contributed by atoms with Crippen molar-refractivity contribution in [2.75, 3.05) is 26.4 Å². The van der Waals surface area contributed by atoms with Crippen LogP contribution in [0.1, 0.15) is 0 Å². The van der Waals surface area contributed by atoms with Crippen LogP contribution in [0.5, 0.6) is 0 Å². The van der Waals surface area contributed by atoms with Gasteiger partial charge in [0.1, 0.15) is 42.7 Å². The van der Waals surface area contributed by atoms with Crippen LogP contribution in [-0.2, 0) is 0 Å². The summed E-state index contributed by atoms with van der Waals surface area (Å²) < 4.78 is 0. The van der Waals surface area contributed by atoms with E-state index in [1.54, 1.807) is 0 Å². The summed E-state index contributed by atoms with van der Waals surface area (Å²) in [7, 11) is 0. The molecule has 0 spiro atoms. The lowest BCUT2D eigenvalue weighted by molar-refractivity contribution is -0.123. The van der Waals surface area contributed by atoms with Gasteiger partial charge in [0.15, 0.2) is 0 Å². The maximum absolute atomic E-state index is 8.96. The molecule has 0 unspecified atom stereocenters. The molecule has 11 heteroatoms. The average molecular weight is 334 g/mol. The first-order valence-corrected chi connectivity index (χ1v) is 6.37. The van der Waals surface area contributed by atoms with Gasteiger partial charge in [-0.3, -0.25) is 0 Å². The van der Waals surface area contributed by atoms with Gasteiger partial charge in [-0.2, -0.15) is 0 Å². The Labute approximate surface area is 126 Å². The summed E-state index contributed by atoms with van der Waals surface area (Å²) in [6, 6.07) is 0. The first-order chi connectivity index (χ1) is 10.2. The molecule has 0 amide bonds. The Morgan fingerprint density at radius 2 is 0.545 bits per heavy atom. The molecule has 11 nitrogen and oxygen atoms in total. The average Bonchev–Trinajstić information content (AvgIpc) is 2.56. The smallest absolute Gasteiger partial charge is 0.111 e. The molecule has 22 heavy (non-hydrogen) atoms. The number of hydrogen-bond acceptors (Lipinski definition) is 11. The van der Waals surface area contributed by atoms with Crippen LogP contribution in [0.3, 0.4) is 0 Å². The summed E-state index contributed by atoms with van der Waals surface area (Å²) in [5.74, 6) is 0. The lowest BCUT2D eigenvalue weighted by Gasteiger charge is -2.24. The third-order valence-electron chi connectivity index (χ3n) is 2.68. The van der Waals surface area contributed by atoms with Gasteiger partial charge in [-0.15, -0.1) is 0 Å². The van der Waals surface area contributed by atoms with Crippen molar-refractivity contribution in [3.8, 4) is 0 Å². The third kappa shape index (κ3) is 8.87. The minimum atomic E-state index is -1.67. The molecule has 0 bridgehead atoms. The Hall–Kier alpha value is -0.440. The molecule has 136 valence electrons. The van der Waals surface area contributed by atoms with E-state index in [4.69, 9.17) is 56.2 Å². The van der Waals surface area contributed by atoms with Crippen molar-refractivity contribution >= 4 is 0 Å². The van der Waals surface area contributed by atoms with E-state index in [0.717, 1.165) is 0 Å². The van der Waals surface area contributed by atoms with Crippen molar-refractivity contribution in [3.05, 3.63) is 0 Å². The van der Waals surface area contributed by atoms with Crippen LogP contribution in [0.2, 0.25) is 0 Å². The van der Waals surface area contributed by atoms with Gasteiger partial charge in [0.2, 0.25) is 0 Å². The molecule has 0 aromatic rings. The fourth-order valence-electron chi connectivity index (χ4n) is 1.14. The topological polar surface area (TPSA) is 223 Å². The molecule has 0 aliphatic heterocycles. The summed E-state index contributed by atoms with van der Waals surface area (Å²) >= 11 is 0. The molecule has 0 aliphatic carbocycles. The van der Waals surface area contributed by atoms with Gasteiger partial charge in [-0.05, 0) is 0 Å². The predicted molar refractivity (Wildman–Crippen MR) is 70.4 cm³/mol. The Balaban J connectivity index is 0. The van der Waals surface area contributed by atoms with Crippen molar-refractivity contribution in [2.24, 2.45) is 0 Å². The van der Waals surface area contributed by atoms with Crippen LogP contribution >= 0.6 is 0 Å². The van der Waals surface area contributed by atoms with Crippen LogP contribution < -0.4 is 0 Å². The van der Waals surface area contributed by atoms with Gasteiger partial charge in [0, 0.05) is 0 Å². The molecule has 0 radical (unpaired) electrons. The Morgan fingerprint density at radius 3 is 0.727 bits per heavy atom. The number of aliphatic hydroxyl groups excluding tert-OH is 11. The quantitative estimate of drug-likeness (QED) is 0.190. The molecule has 0 heterocycles. The van der Waals surface area contributed by atoms with Crippen molar-refractivity contribution < 1.29 is 56.2 Å². The minimum Gasteiger partial charge on any atom is -0.394 e. The van der Waals surface area contributed by atoms with Crippen molar-refractivity contribution in [1.82, 2.24) is 0 Å². The molecule has 0 aliphatic rings. The van der Waals surface area contributed by atoms with Gasteiger partial charge >= 0.3 is 0 Å². The molecule has 0 saturated heterocycles. The van der Waals surface area contributed by atoms with Crippen LogP contribution in [0.15, 0.2) is 0 Å². The summed E-state index contributed by atoms with van der Waals surface area (Å²) in [4.78, 5) is 0. The number of rotatable bonds is 9. The van der Waals surface area contributed by atoms with Gasteiger partial charge in [0.05, 0.1) is 26.4 Å². The van der Waals surface area contributed by atoms with Crippen molar-refractivity contribution in [2.45, 2.75) is 42.7 Å². The first-order valence-electron chi connectivity index (χ1n) is 6.37. The molecule has 0 aromatic heterocycles. The van der Waals surface area contributed by atoms with Crippen LogP contribution in [0, 0.1) is 0 Å². The van der Waals surface area contributed by atoms with E-state index in [-0.39, 0.29) is 0 Å². The largest absolute Gasteiger partial charge is 0.394 e. The van der Waals surface area contributed by atoms with Crippen molar-refractivity contribution in [1.29, 1.82) is 0 Å². The third-order valence-corrected chi connectivity index (χ3v) is 2.68. The number of aliphatic hydroxyl groups is 11. The van der Waals surface area contributed by atoms with Crippen LogP contribution in [-0.4, -0.2) is 125 Å². The second-order valence-corrected chi connectivity index (χ2v) is 4.47. The highest BCUT2D eigenvalue weighted by molar-refractivity contribution is 4.79. The maximum atomic E-state index is 8.96. The SMILES string of the molecule is OC[C@@H](O)[C@@H](O)[C@H](O)[C@@H](O)CO.OC[C@@H](O)[C@H](O)[C@@H](O)CO. The standard InChI is InChI=1S/C6H14O6.C5H12O5/c7-1-3(9)5(11)6(12)4(10)2-8;6-1-3(8)5(10)4(9)2-7/h3-12H,1-2H2;3-10H,1-2H2/t3-,4+,5-,6-;3-,4+,5+/m1./s1. The fourth-order valence-corrected chi connectivity index (χ4v) is 1.14. The Kier molecular flexibility index (Phi) is 14.1. The highest BCUT2D eigenvalue weighted by atomic mass is 16.4. The molecule has 0 rings (SSSR count). The van der Waals surface area contributed by atoms with Crippen LogP contribution in [0.25, 0.3) is 0 Å². The predicted octanol–water partition coefficient (Wildman–Crippen LogP) is -6.53. The van der Waals surface area contributed by atoms with E-state index in [1.807, 2.05) is 0 Å². The second-order valence-electron chi connectivity index (χ2n) is 4.47. The van der Waals surface area contributed by atoms with Crippen molar-refractivity contribution in [3.63, 3.8) is 0 Å². The molecule has 0 aromatic carbocycles. The van der Waals surface area contributed by atoms with Gasteiger partial charge in [-0.25, -0.2) is 0 Å². The number of hydrogen-bond donors (Lipinski definition) is 11. The van der Waals surface area contributed by atoms with Crippen LogP contribution in [0.4, 0.5) is 0 Å². The lowest BCUT2D eigenvalue weighted by Crippen LogP contribution is -2.46. The maximum Gasteiger partial charge on any atom is 0.111 e. The normalized spacial score (nSPS) is 20.9. The zero-order valence-corrected chi connectivity index (χ0v) is 11.8. The van der Waals surface area contributed by atoms with E-state index in [9.17, 15) is 0 Å². The fraction of sp³-hybridized carbons (Fsp3) is 1.00. The summed E-state index contributed by atoms with van der Waals surface area (Å²) in [5.41, 5.74) is 0. The summed E-state index contributed by atoms with van der Waals surface area (Å²) in [6.07, 6.45) is -10.7. The van der Waals surface area contributed by atoms with Gasteiger partial charge in [-0.1, -0.05) is 0 Å². The van der Waals surface area contributed by atoms with E-state index in [2.05, 4.69) is 0 Å². The minimum absolute atomic E-state index is 0.641. The molecule has 0 saturated carbocycles. The zero-order chi connectivity index (χ0) is 17.9. The molecule has 7 atom stereocenters. The van der Waals surface area contributed by atoms with E-state index in [1.165, 1.54) is 0 Å². The second kappa shape index (κ2) is 13.0. The molecule has 0 fully saturated rings. The van der Waals surface area contributed by atoms with Gasteiger partial charge in [0.25, 0.3) is 0 Å².